The van der Waals surface area contributed by atoms with E-state index in [1.54, 1.807) is 18.3 Å². The first-order chi connectivity index (χ1) is 15.2. The Balaban J connectivity index is 1.63. The summed E-state index contributed by atoms with van der Waals surface area (Å²) >= 11 is 0. The van der Waals surface area contributed by atoms with Crippen LogP contribution in [0.2, 0.25) is 0 Å². The molecule has 1 amide bonds. The molecule has 0 unspecified atom stereocenters. The van der Waals surface area contributed by atoms with E-state index in [-0.39, 0.29) is 12.5 Å². The second kappa shape index (κ2) is 8.44. The molecule has 0 saturated heterocycles. The summed E-state index contributed by atoms with van der Waals surface area (Å²) in [6, 6.07) is 6.75. The third kappa shape index (κ3) is 4.71. The van der Waals surface area contributed by atoms with Gasteiger partial charge >= 0.3 is 6.18 Å². The first-order valence-electron chi connectivity index (χ1n) is 10.5. The predicted octanol–water partition coefficient (Wildman–Crippen LogP) is 5.08. The van der Waals surface area contributed by atoms with Gasteiger partial charge in [-0.15, -0.1) is 0 Å². The molecule has 2 aromatic heterocycles. The summed E-state index contributed by atoms with van der Waals surface area (Å²) in [6.07, 6.45) is -1.51. The lowest BCUT2D eigenvalue weighted by Crippen LogP contribution is -2.27. The van der Waals surface area contributed by atoms with E-state index in [4.69, 9.17) is 0 Å². The number of halogens is 4. The minimum atomic E-state index is -4.23. The van der Waals surface area contributed by atoms with Crippen LogP contribution < -0.4 is 10.6 Å². The molecule has 1 aliphatic carbocycles. The van der Waals surface area contributed by atoms with Gasteiger partial charge in [0.2, 0.25) is 0 Å². The van der Waals surface area contributed by atoms with Crippen molar-refractivity contribution in [2.45, 2.75) is 51.5 Å². The number of rotatable bonds is 7. The fourth-order valence-corrected chi connectivity index (χ4v) is 3.66. The second-order valence-electron chi connectivity index (χ2n) is 8.11. The maximum Gasteiger partial charge on any atom is 0.390 e. The molecule has 170 valence electrons. The highest BCUT2D eigenvalue weighted by atomic mass is 19.4. The number of pyridine rings is 1. The molecule has 5 nitrogen and oxygen atoms in total. The van der Waals surface area contributed by atoms with E-state index < -0.39 is 24.8 Å². The largest absolute Gasteiger partial charge is 0.390 e. The average Bonchev–Trinajstić information content (AvgIpc) is 3.24. The monoisotopic (exact) mass is 448 g/mol. The molecule has 9 heteroatoms. The molecule has 0 bridgehead atoms. The SMILES string of the molecule is CCc1cc(NCCC(F)(F)F)c2ncc(-c3ccc(C(=O)N[C@H]4C[C@@H]4F)c(C)c3)n2c1. The van der Waals surface area contributed by atoms with Gasteiger partial charge in [-0.3, -0.25) is 9.20 Å². The summed E-state index contributed by atoms with van der Waals surface area (Å²) in [7, 11) is 0. The zero-order chi connectivity index (χ0) is 23.0. The number of anilines is 1. The molecule has 2 heterocycles. The van der Waals surface area contributed by atoms with Crippen LogP contribution in [0.5, 0.6) is 0 Å². The van der Waals surface area contributed by atoms with Crippen molar-refractivity contribution in [2.75, 3.05) is 11.9 Å². The van der Waals surface area contributed by atoms with Gasteiger partial charge in [0.15, 0.2) is 5.65 Å². The quantitative estimate of drug-likeness (QED) is 0.496. The Kier molecular flexibility index (Phi) is 5.83. The van der Waals surface area contributed by atoms with Crippen molar-refractivity contribution < 1.29 is 22.4 Å². The molecule has 3 aromatic rings. The van der Waals surface area contributed by atoms with Crippen LogP contribution in [0.4, 0.5) is 23.2 Å². The molecule has 2 atom stereocenters. The van der Waals surface area contributed by atoms with Gasteiger partial charge in [0, 0.05) is 30.3 Å². The van der Waals surface area contributed by atoms with Gasteiger partial charge in [-0.2, -0.15) is 13.2 Å². The Morgan fingerprint density at radius 1 is 1.28 bits per heavy atom. The molecule has 1 aromatic carbocycles. The van der Waals surface area contributed by atoms with Crippen molar-refractivity contribution in [3.05, 3.63) is 53.3 Å². The Bertz CT molecular complexity index is 1150. The lowest BCUT2D eigenvalue weighted by atomic mass is 10.0. The smallest absolute Gasteiger partial charge is 0.382 e. The lowest BCUT2D eigenvalue weighted by molar-refractivity contribution is -0.131. The lowest BCUT2D eigenvalue weighted by Gasteiger charge is -2.13. The molecule has 0 spiro atoms. The van der Waals surface area contributed by atoms with E-state index in [2.05, 4.69) is 15.6 Å². The van der Waals surface area contributed by atoms with E-state index in [1.807, 2.05) is 36.6 Å². The van der Waals surface area contributed by atoms with Gasteiger partial charge in [0.25, 0.3) is 5.91 Å². The number of fused-ring (bicyclic) bond motifs is 1. The van der Waals surface area contributed by atoms with Crippen molar-refractivity contribution in [2.24, 2.45) is 0 Å². The zero-order valence-corrected chi connectivity index (χ0v) is 17.8. The van der Waals surface area contributed by atoms with Crippen molar-refractivity contribution in [3.63, 3.8) is 0 Å². The van der Waals surface area contributed by atoms with Crippen LogP contribution >= 0.6 is 0 Å². The van der Waals surface area contributed by atoms with Gasteiger partial charge in [0.1, 0.15) is 6.17 Å². The highest BCUT2D eigenvalue weighted by Crippen LogP contribution is 2.29. The highest BCUT2D eigenvalue weighted by Gasteiger charge is 2.38. The number of carbonyl (C=O) groups is 1. The molecule has 4 rings (SSSR count). The Morgan fingerprint density at radius 2 is 2.03 bits per heavy atom. The standard InChI is InChI=1S/C23H24F4N4O/c1-3-14-9-19(28-7-6-23(25,26)27)21-29-11-20(31(21)12-14)15-4-5-16(13(2)8-15)22(32)30-18-10-17(18)24/h4-5,8-9,11-12,17-18,28H,3,6-7,10H2,1-2H3,(H,30,32)/t17-,18-/m0/s1. The van der Waals surface area contributed by atoms with Crippen molar-refractivity contribution in [3.8, 4) is 11.3 Å². The molecule has 0 radical (unpaired) electrons. The minimum absolute atomic E-state index is 0.238. The van der Waals surface area contributed by atoms with Crippen LogP contribution in [0.15, 0.2) is 36.7 Å². The van der Waals surface area contributed by atoms with E-state index in [0.717, 1.165) is 22.4 Å². The van der Waals surface area contributed by atoms with Gasteiger partial charge in [-0.1, -0.05) is 13.0 Å². The number of benzene rings is 1. The number of amides is 1. The fraction of sp³-hybridized carbons (Fsp3) is 0.391. The molecule has 32 heavy (non-hydrogen) atoms. The van der Waals surface area contributed by atoms with Crippen LogP contribution in [0.25, 0.3) is 16.9 Å². The number of hydrogen-bond donors (Lipinski definition) is 2. The van der Waals surface area contributed by atoms with Crippen molar-refractivity contribution in [1.82, 2.24) is 14.7 Å². The number of aryl methyl sites for hydroxylation is 2. The third-order valence-corrected chi connectivity index (χ3v) is 5.59. The van der Waals surface area contributed by atoms with Crippen molar-refractivity contribution >= 4 is 17.2 Å². The zero-order valence-electron chi connectivity index (χ0n) is 17.8. The van der Waals surface area contributed by atoms with Crippen LogP contribution in [0.3, 0.4) is 0 Å². The van der Waals surface area contributed by atoms with E-state index >= 15 is 0 Å². The molecule has 2 N–H and O–H groups in total. The average molecular weight is 448 g/mol. The first-order valence-corrected chi connectivity index (χ1v) is 10.5. The number of alkyl halides is 4. The van der Waals surface area contributed by atoms with Gasteiger partial charge < -0.3 is 10.6 Å². The number of carbonyl (C=O) groups excluding carboxylic acids is 1. The van der Waals surface area contributed by atoms with Crippen LogP contribution in [-0.2, 0) is 6.42 Å². The number of nitrogens with one attached hydrogen (secondary N) is 2. The van der Waals surface area contributed by atoms with Crippen LogP contribution in [0.1, 0.15) is 41.3 Å². The Labute approximate surface area is 182 Å². The summed E-state index contributed by atoms with van der Waals surface area (Å²) in [5.41, 5.74) is 4.81. The normalized spacial score (nSPS) is 18.1. The van der Waals surface area contributed by atoms with Gasteiger partial charge in [0.05, 0.1) is 30.0 Å². The van der Waals surface area contributed by atoms with E-state index in [9.17, 15) is 22.4 Å². The number of hydrogen-bond acceptors (Lipinski definition) is 3. The highest BCUT2D eigenvalue weighted by molar-refractivity contribution is 5.96. The number of nitrogens with zero attached hydrogens (tertiary/aromatic N) is 2. The maximum absolute atomic E-state index is 13.1. The summed E-state index contributed by atoms with van der Waals surface area (Å²) in [4.78, 5) is 16.8. The summed E-state index contributed by atoms with van der Waals surface area (Å²) in [5.74, 6) is -0.304. The van der Waals surface area contributed by atoms with Crippen LogP contribution in [-0.4, -0.2) is 40.2 Å². The number of aromatic nitrogens is 2. The van der Waals surface area contributed by atoms with Crippen LogP contribution in [0, 0.1) is 6.92 Å². The Morgan fingerprint density at radius 3 is 2.66 bits per heavy atom. The Hall–Kier alpha value is -3.10. The van der Waals surface area contributed by atoms with Crippen molar-refractivity contribution in [1.29, 1.82) is 0 Å². The van der Waals surface area contributed by atoms with E-state index in [0.29, 0.717) is 29.7 Å². The minimum Gasteiger partial charge on any atom is -0.382 e. The van der Waals surface area contributed by atoms with Gasteiger partial charge in [-0.05, 0) is 42.7 Å². The summed E-state index contributed by atoms with van der Waals surface area (Å²) in [6.45, 7) is 3.54. The molecular formula is C23H24F4N4O. The summed E-state index contributed by atoms with van der Waals surface area (Å²) in [5, 5.41) is 5.54. The fourth-order valence-electron chi connectivity index (χ4n) is 3.66. The maximum atomic E-state index is 13.1. The molecule has 0 aliphatic heterocycles. The topological polar surface area (TPSA) is 58.4 Å². The van der Waals surface area contributed by atoms with E-state index in [1.165, 1.54) is 0 Å². The molecular weight excluding hydrogens is 424 g/mol. The number of imidazole rings is 1. The molecule has 1 fully saturated rings. The second-order valence-corrected chi connectivity index (χ2v) is 8.11. The first kappa shape index (κ1) is 22.1. The molecule has 1 aliphatic rings. The van der Waals surface area contributed by atoms with Gasteiger partial charge in [-0.25, -0.2) is 9.37 Å². The molecule has 1 saturated carbocycles. The predicted molar refractivity (Wildman–Crippen MR) is 115 cm³/mol. The summed E-state index contributed by atoms with van der Waals surface area (Å²) < 4.78 is 52.6. The third-order valence-electron chi connectivity index (χ3n) is 5.59.